The lowest BCUT2D eigenvalue weighted by molar-refractivity contribution is 0.488. The minimum atomic E-state index is 0.788. The lowest BCUT2D eigenvalue weighted by Crippen LogP contribution is -1.92. The van der Waals surface area contributed by atoms with Gasteiger partial charge in [-0.3, -0.25) is 0 Å². The average molecular weight is 581 g/mol. The van der Waals surface area contributed by atoms with E-state index < -0.39 is 0 Å². The van der Waals surface area contributed by atoms with Crippen LogP contribution in [0.15, 0.2) is 140 Å². The number of ether oxygens (including phenoxy) is 2. The maximum atomic E-state index is 6.62. The second-order valence-corrected chi connectivity index (χ2v) is 12.0. The second-order valence-electron chi connectivity index (χ2n) is 12.0. The molecule has 0 atom stereocenters. The van der Waals surface area contributed by atoms with Crippen molar-refractivity contribution >= 4 is 43.1 Å². The van der Waals surface area contributed by atoms with Crippen molar-refractivity contribution < 1.29 is 9.47 Å². The Morgan fingerprint density at radius 2 is 0.911 bits per heavy atom. The summed E-state index contributed by atoms with van der Waals surface area (Å²) < 4.78 is 13.1. The zero-order valence-electron chi connectivity index (χ0n) is 25.6. The molecule has 0 spiro atoms. The lowest BCUT2D eigenvalue weighted by Gasteiger charge is -2.16. The molecule has 0 radical (unpaired) electrons. The summed E-state index contributed by atoms with van der Waals surface area (Å²) in [7, 11) is 0. The quantitative estimate of drug-likeness (QED) is 0.202. The molecule has 0 bridgehead atoms. The van der Waals surface area contributed by atoms with Crippen LogP contribution in [0.4, 0.5) is 0 Å². The summed E-state index contributed by atoms with van der Waals surface area (Å²) >= 11 is 0. The number of hydrogen-bond acceptors (Lipinski definition) is 2. The summed E-state index contributed by atoms with van der Waals surface area (Å²) in [5, 5.41) is 9.16. The molecule has 8 aromatic carbocycles. The highest BCUT2D eigenvalue weighted by atomic mass is 16.5. The Morgan fingerprint density at radius 1 is 0.378 bits per heavy atom. The molecule has 0 N–H and O–H groups in total. The molecule has 0 aliphatic carbocycles. The van der Waals surface area contributed by atoms with E-state index in [1.54, 1.807) is 0 Å². The third-order valence-electron chi connectivity index (χ3n) is 8.79. The van der Waals surface area contributed by atoms with Gasteiger partial charge in [0.05, 0.1) is 0 Å². The van der Waals surface area contributed by atoms with Crippen molar-refractivity contribution in [1.29, 1.82) is 0 Å². The molecule has 45 heavy (non-hydrogen) atoms. The standard InChI is InChI=1S/C43H32O2/c1-27-16-20-34-30(24-27)8-4-11-38(34)43-29(3)18-22-37-39(43)12-7-15-42(37)44-33-19-23-36-32(26-33)10-6-14-41(36)45-40-13-5-9-31-25-28(2)17-21-35(31)40/h4-26H,1-3H3. The normalized spacial score (nSPS) is 11.4. The minimum absolute atomic E-state index is 0.788. The molecule has 0 aromatic heterocycles. The predicted octanol–water partition coefficient (Wildman–Crippen LogP) is 12.5. The molecular formula is C43H32O2. The van der Waals surface area contributed by atoms with Crippen molar-refractivity contribution in [3.05, 3.63) is 156 Å². The molecule has 8 rings (SSSR count). The van der Waals surface area contributed by atoms with Crippen LogP contribution < -0.4 is 9.47 Å². The Bertz CT molecular complexity index is 2420. The topological polar surface area (TPSA) is 18.5 Å². The third-order valence-corrected chi connectivity index (χ3v) is 8.79. The van der Waals surface area contributed by atoms with Crippen molar-refractivity contribution in [2.75, 3.05) is 0 Å². The lowest BCUT2D eigenvalue weighted by atomic mass is 9.90. The largest absolute Gasteiger partial charge is 0.457 e. The summed E-state index contributed by atoms with van der Waals surface area (Å²) in [4.78, 5) is 0. The summed E-state index contributed by atoms with van der Waals surface area (Å²) in [5.74, 6) is 3.30. The van der Waals surface area contributed by atoms with Gasteiger partial charge < -0.3 is 9.47 Å². The Hall–Kier alpha value is -5.60. The third kappa shape index (κ3) is 4.85. The Balaban J connectivity index is 1.17. The van der Waals surface area contributed by atoms with E-state index >= 15 is 0 Å². The summed E-state index contributed by atoms with van der Waals surface area (Å²) in [6.07, 6.45) is 0. The minimum Gasteiger partial charge on any atom is -0.457 e. The van der Waals surface area contributed by atoms with Gasteiger partial charge in [0.2, 0.25) is 0 Å². The van der Waals surface area contributed by atoms with Crippen molar-refractivity contribution in [2.45, 2.75) is 20.8 Å². The van der Waals surface area contributed by atoms with Crippen molar-refractivity contribution in [1.82, 2.24) is 0 Å². The molecule has 0 aliphatic heterocycles. The first-order valence-corrected chi connectivity index (χ1v) is 15.4. The van der Waals surface area contributed by atoms with Crippen LogP contribution in [0.5, 0.6) is 23.0 Å². The summed E-state index contributed by atoms with van der Waals surface area (Å²) in [6.45, 7) is 6.45. The molecule has 0 amide bonds. The van der Waals surface area contributed by atoms with Gasteiger partial charge in [-0.1, -0.05) is 114 Å². The van der Waals surface area contributed by atoms with Crippen LogP contribution in [-0.4, -0.2) is 0 Å². The van der Waals surface area contributed by atoms with E-state index in [9.17, 15) is 0 Å². The van der Waals surface area contributed by atoms with Crippen molar-refractivity contribution in [2.24, 2.45) is 0 Å². The highest BCUT2D eigenvalue weighted by Gasteiger charge is 2.14. The van der Waals surface area contributed by atoms with Crippen LogP contribution in [0.2, 0.25) is 0 Å². The summed E-state index contributed by atoms with van der Waals surface area (Å²) in [5.41, 5.74) is 6.23. The van der Waals surface area contributed by atoms with Gasteiger partial charge in [0.25, 0.3) is 0 Å². The molecule has 2 nitrogen and oxygen atoms in total. The molecule has 0 heterocycles. The smallest absolute Gasteiger partial charge is 0.135 e. The molecular weight excluding hydrogens is 548 g/mol. The highest BCUT2D eigenvalue weighted by molar-refractivity contribution is 6.08. The molecule has 0 saturated carbocycles. The number of aryl methyl sites for hydroxylation is 3. The van der Waals surface area contributed by atoms with Gasteiger partial charge in [0, 0.05) is 16.2 Å². The van der Waals surface area contributed by atoms with Gasteiger partial charge in [-0.15, -0.1) is 0 Å². The molecule has 8 aromatic rings. The fourth-order valence-corrected chi connectivity index (χ4v) is 6.60. The molecule has 0 fully saturated rings. The monoisotopic (exact) mass is 580 g/mol. The van der Waals surface area contributed by atoms with E-state index in [4.69, 9.17) is 9.47 Å². The van der Waals surface area contributed by atoms with E-state index in [0.717, 1.165) is 44.5 Å². The number of hydrogen-bond donors (Lipinski definition) is 0. The Kier molecular flexibility index (Phi) is 6.50. The Labute approximate surface area is 263 Å². The van der Waals surface area contributed by atoms with Crippen molar-refractivity contribution in [3.8, 4) is 34.1 Å². The SMILES string of the molecule is Cc1ccc2c(Oc3cccc4cc(Oc5cccc6c(-c7cccc8cc(C)ccc78)c(C)ccc56)ccc34)cccc2c1. The van der Waals surface area contributed by atoms with Gasteiger partial charge in [0.15, 0.2) is 0 Å². The van der Waals surface area contributed by atoms with Crippen LogP contribution in [0.3, 0.4) is 0 Å². The van der Waals surface area contributed by atoms with Crippen LogP contribution in [0.1, 0.15) is 16.7 Å². The summed E-state index contributed by atoms with van der Waals surface area (Å²) in [6, 6.07) is 49.1. The first-order valence-electron chi connectivity index (χ1n) is 15.4. The molecule has 2 heteroatoms. The van der Waals surface area contributed by atoms with Gasteiger partial charge in [-0.05, 0) is 101 Å². The predicted molar refractivity (Wildman–Crippen MR) is 189 cm³/mol. The molecule has 216 valence electrons. The fourth-order valence-electron chi connectivity index (χ4n) is 6.60. The van der Waals surface area contributed by atoms with Gasteiger partial charge in [-0.2, -0.15) is 0 Å². The van der Waals surface area contributed by atoms with E-state index in [-0.39, 0.29) is 0 Å². The first kappa shape index (κ1) is 27.0. The van der Waals surface area contributed by atoms with E-state index in [1.807, 2.05) is 30.3 Å². The van der Waals surface area contributed by atoms with Gasteiger partial charge in [-0.25, -0.2) is 0 Å². The van der Waals surface area contributed by atoms with Gasteiger partial charge in [0.1, 0.15) is 23.0 Å². The number of fused-ring (bicyclic) bond motifs is 4. The van der Waals surface area contributed by atoms with Crippen LogP contribution in [0.25, 0.3) is 54.2 Å². The molecule has 0 aliphatic rings. The zero-order chi connectivity index (χ0) is 30.5. The van der Waals surface area contributed by atoms with Crippen molar-refractivity contribution in [3.63, 3.8) is 0 Å². The van der Waals surface area contributed by atoms with Crippen LogP contribution in [-0.2, 0) is 0 Å². The second kappa shape index (κ2) is 10.8. The fraction of sp³-hybridized carbons (Fsp3) is 0.0698. The highest BCUT2D eigenvalue weighted by Crippen LogP contribution is 2.41. The van der Waals surface area contributed by atoms with Crippen LogP contribution >= 0.6 is 0 Å². The van der Waals surface area contributed by atoms with E-state index in [0.29, 0.717) is 0 Å². The van der Waals surface area contributed by atoms with E-state index in [2.05, 4.69) is 130 Å². The van der Waals surface area contributed by atoms with E-state index in [1.165, 1.54) is 49.4 Å². The zero-order valence-corrected chi connectivity index (χ0v) is 25.6. The maximum absolute atomic E-state index is 6.62. The number of benzene rings is 8. The van der Waals surface area contributed by atoms with Crippen LogP contribution in [0, 0.1) is 20.8 Å². The average Bonchev–Trinajstić information content (AvgIpc) is 3.04. The molecule has 0 saturated heterocycles. The van der Waals surface area contributed by atoms with Gasteiger partial charge >= 0.3 is 0 Å². The maximum Gasteiger partial charge on any atom is 0.135 e. The number of rotatable bonds is 5. The molecule has 0 unspecified atom stereocenters. The first-order chi connectivity index (χ1) is 22.0. The Morgan fingerprint density at radius 3 is 1.62 bits per heavy atom.